The summed E-state index contributed by atoms with van der Waals surface area (Å²) in [7, 11) is 0. The van der Waals surface area contributed by atoms with Gasteiger partial charge >= 0.3 is 0 Å². The lowest BCUT2D eigenvalue weighted by atomic mass is 10.2. The van der Waals surface area contributed by atoms with Gasteiger partial charge in [0.25, 0.3) is 5.56 Å². The number of hydrogen-bond donors (Lipinski definition) is 0. The van der Waals surface area contributed by atoms with Gasteiger partial charge in [0.1, 0.15) is 0 Å². The summed E-state index contributed by atoms with van der Waals surface area (Å²) in [4.78, 5) is 30.4. The lowest BCUT2D eigenvalue weighted by Gasteiger charge is -2.16. The van der Waals surface area contributed by atoms with Crippen LogP contribution in [0.4, 0.5) is 0 Å². The fourth-order valence-electron chi connectivity index (χ4n) is 3.29. The van der Waals surface area contributed by atoms with E-state index < -0.39 is 0 Å². The number of carbonyl (C=O) groups excluding carboxylic acids is 1. The minimum absolute atomic E-state index is 0.0132. The molecule has 0 amide bonds. The summed E-state index contributed by atoms with van der Waals surface area (Å²) in [5.74, 6) is 0.165. The molecule has 1 atom stereocenters. The number of thioether (sulfide) groups is 1. The Morgan fingerprint density at radius 3 is 2.79 bits per heavy atom. The highest BCUT2D eigenvalue weighted by Gasteiger charge is 2.21. The van der Waals surface area contributed by atoms with E-state index >= 15 is 0 Å². The van der Waals surface area contributed by atoms with Crippen LogP contribution in [0.3, 0.4) is 0 Å². The smallest absolute Gasteiger partial charge is 0.262 e. The van der Waals surface area contributed by atoms with Crippen LogP contribution in [0.25, 0.3) is 10.9 Å². The maximum atomic E-state index is 13.1. The predicted octanol–water partition coefficient (Wildman–Crippen LogP) is 4.97. The first-order valence-corrected chi connectivity index (χ1v) is 11.4. The third kappa shape index (κ3) is 4.74. The van der Waals surface area contributed by atoms with Crippen LogP contribution in [0, 0.1) is 0 Å². The number of fused-ring (bicyclic) bond motifs is 1. The zero-order valence-corrected chi connectivity index (χ0v) is 18.6. The number of ketones is 1. The molecule has 0 bridgehead atoms. The van der Waals surface area contributed by atoms with Gasteiger partial charge in [-0.15, -0.1) is 0 Å². The summed E-state index contributed by atoms with van der Waals surface area (Å²) >= 11 is 10.7. The Morgan fingerprint density at radius 1 is 1.28 bits per heavy atom. The first-order valence-electron chi connectivity index (χ1n) is 9.24. The van der Waals surface area contributed by atoms with Crippen LogP contribution in [0.1, 0.15) is 23.2 Å². The molecule has 0 radical (unpaired) electrons. The maximum absolute atomic E-state index is 13.1. The van der Waals surface area contributed by atoms with E-state index in [1.54, 1.807) is 34.9 Å². The first-order chi connectivity index (χ1) is 14.0. The number of aromatic nitrogens is 2. The minimum Gasteiger partial charge on any atom is -0.376 e. The third-order valence-corrected chi connectivity index (χ3v) is 6.53. The van der Waals surface area contributed by atoms with Gasteiger partial charge in [-0.1, -0.05) is 51.4 Å². The highest BCUT2D eigenvalue weighted by molar-refractivity contribution is 9.10. The summed E-state index contributed by atoms with van der Waals surface area (Å²) < 4.78 is 8.26. The van der Waals surface area contributed by atoms with E-state index in [1.807, 2.05) is 12.1 Å². The van der Waals surface area contributed by atoms with Crippen molar-refractivity contribution in [1.29, 1.82) is 0 Å². The molecule has 150 valence electrons. The summed E-state index contributed by atoms with van der Waals surface area (Å²) in [5, 5.41) is 1.53. The van der Waals surface area contributed by atoms with Gasteiger partial charge in [-0.25, -0.2) is 4.98 Å². The van der Waals surface area contributed by atoms with Crippen LogP contribution < -0.4 is 5.56 Å². The fraction of sp³-hybridized carbons (Fsp3) is 0.286. The highest BCUT2D eigenvalue weighted by atomic mass is 79.9. The molecule has 2 heterocycles. The Bertz CT molecular complexity index is 1110. The van der Waals surface area contributed by atoms with Gasteiger partial charge in [-0.05, 0) is 43.2 Å². The van der Waals surface area contributed by atoms with Gasteiger partial charge in [0.2, 0.25) is 0 Å². The molecule has 1 aliphatic heterocycles. The zero-order valence-electron chi connectivity index (χ0n) is 15.4. The number of rotatable bonds is 6. The molecule has 1 aliphatic rings. The Morgan fingerprint density at radius 2 is 2.07 bits per heavy atom. The molecule has 0 spiro atoms. The number of hydrogen-bond acceptors (Lipinski definition) is 5. The maximum Gasteiger partial charge on any atom is 0.262 e. The molecule has 2 aromatic carbocycles. The average Bonchev–Trinajstić information content (AvgIpc) is 3.22. The number of nitrogens with zero attached hydrogens (tertiary/aromatic N) is 2. The average molecular weight is 494 g/mol. The van der Waals surface area contributed by atoms with E-state index in [4.69, 9.17) is 16.3 Å². The quantitative estimate of drug-likeness (QED) is 0.276. The zero-order chi connectivity index (χ0) is 20.4. The molecule has 4 rings (SSSR count). The molecule has 29 heavy (non-hydrogen) atoms. The molecule has 0 aliphatic carbocycles. The number of Topliss-reactive ketones (excluding diaryl/α,β-unsaturated/α-hetero) is 1. The first kappa shape index (κ1) is 20.6. The van der Waals surface area contributed by atoms with Crippen molar-refractivity contribution in [2.24, 2.45) is 0 Å². The molecule has 8 heteroatoms. The van der Waals surface area contributed by atoms with Crippen LogP contribution in [0.2, 0.25) is 5.02 Å². The normalized spacial score (nSPS) is 16.4. The number of halogens is 2. The summed E-state index contributed by atoms with van der Waals surface area (Å²) in [6.07, 6.45) is 1.88. The highest BCUT2D eigenvalue weighted by Crippen LogP contribution is 2.23. The Hall–Kier alpha value is -1.67. The van der Waals surface area contributed by atoms with Crippen LogP contribution in [-0.4, -0.2) is 33.8 Å². The topological polar surface area (TPSA) is 61.2 Å². The molecular formula is C21H18BrClN2O3S. The van der Waals surface area contributed by atoms with Crippen LogP contribution in [0.5, 0.6) is 0 Å². The van der Waals surface area contributed by atoms with Crippen LogP contribution >= 0.6 is 39.3 Å². The standard InChI is InChI=1S/C21H18BrClN2O3S/c22-14-5-3-13(4-6-14)19(26)12-29-21-24-18-10-15(23)7-8-17(18)20(27)25(21)11-16-2-1-9-28-16/h3-8,10,16H,1-2,9,11-12H2. The molecule has 0 saturated carbocycles. The summed E-state index contributed by atoms with van der Waals surface area (Å²) in [5.41, 5.74) is 1.02. The second kappa shape index (κ2) is 9.00. The predicted molar refractivity (Wildman–Crippen MR) is 119 cm³/mol. The van der Waals surface area contributed by atoms with E-state index in [0.29, 0.717) is 39.8 Å². The second-order valence-electron chi connectivity index (χ2n) is 6.83. The van der Waals surface area contributed by atoms with Crippen molar-refractivity contribution < 1.29 is 9.53 Å². The molecule has 3 aromatic rings. The van der Waals surface area contributed by atoms with E-state index in [0.717, 1.165) is 17.3 Å². The SMILES string of the molecule is O=C(CSc1nc2cc(Cl)ccc2c(=O)n1CC1CCCO1)c1ccc(Br)cc1. The van der Waals surface area contributed by atoms with E-state index in [9.17, 15) is 9.59 Å². The molecule has 1 saturated heterocycles. The molecule has 1 aromatic heterocycles. The lowest BCUT2D eigenvalue weighted by Crippen LogP contribution is -2.29. The summed E-state index contributed by atoms with van der Waals surface area (Å²) in [6.45, 7) is 1.14. The third-order valence-electron chi connectivity index (χ3n) is 4.79. The van der Waals surface area contributed by atoms with Gasteiger partial charge in [-0.2, -0.15) is 0 Å². The van der Waals surface area contributed by atoms with Crippen molar-refractivity contribution in [2.45, 2.75) is 30.6 Å². The van der Waals surface area contributed by atoms with E-state index in [-0.39, 0.29) is 23.2 Å². The number of carbonyl (C=O) groups is 1. The lowest BCUT2D eigenvalue weighted by molar-refractivity contribution is 0.0937. The molecule has 1 unspecified atom stereocenters. The molecule has 5 nitrogen and oxygen atoms in total. The van der Waals surface area contributed by atoms with Crippen molar-refractivity contribution in [3.05, 3.63) is 67.9 Å². The van der Waals surface area contributed by atoms with Crippen molar-refractivity contribution in [3.8, 4) is 0 Å². The van der Waals surface area contributed by atoms with Crippen molar-refractivity contribution in [3.63, 3.8) is 0 Å². The van der Waals surface area contributed by atoms with Crippen molar-refractivity contribution >= 4 is 56.0 Å². The Kier molecular flexibility index (Phi) is 6.39. The molecule has 1 fully saturated rings. The minimum atomic E-state index is -0.138. The van der Waals surface area contributed by atoms with Gasteiger partial charge in [0, 0.05) is 21.7 Å². The van der Waals surface area contributed by atoms with Crippen molar-refractivity contribution in [1.82, 2.24) is 9.55 Å². The second-order valence-corrected chi connectivity index (χ2v) is 9.12. The van der Waals surface area contributed by atoms with Gasteiger partial charge in [0.15, 0.2) is 10.9 Å². The number of ether oxygens (including phenoxy) is 1. The molecule has 0 N–H and O–H groups in total. The van der Waals surface area contributed by atoms with Gasteiger partial charge in [0.05, 0.1) is 29.3 Å². The van der Waals surface area contributed by atoms with E-state index in [1.165, 1.54) is 11.8 Å². The monoisotopic (exact) mass is 492 g/mol. The number of benzene rings is 2. The van der Waals surface area contributed by atoms with Gasteiger partial charge < -0.3 is 4.74 Å². The Balaban J connectivity index is 1.65. The van der Waals surface area contributed by atoms with Crippen LogP contribution in [0.15, 0.2) is 56.9 Å². The van der Waals surface area contributed by atoms with Crippen LogP contribution in [-0.2, 0) is 11.3 Å². The molecular weight excluding hydrogens is 476 g/mol. The fourth-order valence-corrected chi connectivity index (χ4v) is 4.62. The van der Waals surface area contributed by atoms with E-state index in [2.05, 4.69) is 20.9 Å². The Labute approximate surface area is 185 Å². The van der Waals surface area contributed by atoms with Gasteiger partial charge in [-0.3, -0.25) is 14.2 Å². The largest absolute Gasteiger partial charge is 0.376 e. The van der Waals surface area contributed by atoms with Crippen molar-refractivity contribution in [2.75, 3.05) is 12.4 Å². The summed E-state index contributed by atoms with van der Waals surface area (Å²) in [6, 6.07) is 12.3.